The second kappa shape index (κ2) is 8.58. The summed E-state index contributed by atoms with van der Waals surface area (Å²) in [6.07, 6.45) is 0. The Hall–Kier alpha value is -2.64. The molecule has 3 rings (SSSR count). The third-order valence-corrected chi connectivity index (χ3v) is 5.10. The Morgan fingerprint density at radius 3 is 2.46 bits per heavy atom. The number of carbonyl (C=O) groups excluding carboxylic acids is 2. The summed E-state index contributed by atoms with van der Waals surface area (Å²) in [4.78, 5) is 26.9. The van der Waals surface area contributed by atoms with E-state index in [0.717, 1.165) is 10.0 Å². The van der Waals surface area contributed by atoms with Gasteiger partial charge in [0.15, 0.2) is 0 Å². The van der Waals surface area contributed by atoms with E-state index in [4.69, 9.17) is 9.47 Å². The summed E-state index contributed by atoms with van der Waals surface area (Å²) in [5, 5.41) is 10.9. The minimum Gasteiger partial charge on any atom is -0.507 e. The molecule has 1 heterocycles. The number of carbonyl (C=O) groups is 2. The normalized spacial score (nSPS) is 18.5. The van der Waals surface area contributed by atoms with Crippen LogP contribution in [0.2, 0.25) is 0 Å². The molecular formula is C21H20BrNO5. The van der Waals surface area contributed by atoms with Crippen LogP contribution in [-0.2, 0) is 14.3 Å². The minimum atomic E-state index is -0.714. The van der Waals surface area contributed by atoms with Gasteiger partial charge in [0, 0.05) is 23.7 Å². The quantitative estimate of drug-likeness (QED) is 0.418. The van der Waals surface area contributed by atoms with Crippen LogP contribution < -0.4 is 4.74 Å². The Morgan fingerprint density at radius 2 is 1.86 bits per heavy atom. The predicted molar refractivity (Wildman–Crippen MR) is 108 cm³/mol. The molecule has 1 aliphatic heterocycles. The summed E-state index contributed by atoms with van der Waals surface area (Å²) >= 11 is 3.42. The Balaban J connectivity index is 2.14. The van der Waals surface area contributed by atoms with E-state index in [1.165, 1.54) is 12.0 Å². The molecule has 1 N–H and O–H groups in total. The highest BCUT2D eigenvalue weighted by molar-refractivity contribution is 9.10. The van der Waals surface area contributed by atoms with Crippen molar-refractivity contribution in [1.82, 2.24) is 4.90 Å². The average Bonchev–Trinajstić information content (AvgIpc) is 2.96. The van der Waals surface area contributed by atoms with Crippen molar-refractivity contribution >= 4 is 33.4 Å². The zero-order valence-electron chi connectivity index (χ0n) is 15.5. The standard InChI is InChI=1S/C21H20BrNO5/c1-27-11-10-23-18(14-4-3-5-15(22)12-14)17(20(25)21(23)26)19(24)13-6-8-16(28-2)9-7-13/h3-9,12,18,24H,10-11H2,1-2H3/b19-17+/t18-/m1/s1. The molecule has 146 valence electrons. The van der Waals surface area contributed by atoms with Gasteiger partial charge in [0.05, 0.1) is 25.3 Å². The zero-order chi connectivity index (χ0) is 20.3. The van der Waals surface area contributed by atoms with Crippen LogP contribution in [0.4, 0.5) is 0 Å². The number of hydrogen-bond donors (Lipinski definition) is 1. The molecular weight excluding hydrogens is 426 g/mol. The maximum atomic E-state index is 12.8. The van der Waals surface area contributed by atoms with Gasteiger partial charge in [-0.05, 0) is 42.0 Å². The Kier molecular flexibility index (Phi) is 6.16. The number of rotatable bonds is 6. The van der Waals surface area contributed by atoms with E-state index in [0.29, 0.717) is 11.3 Å². The number of methoxy groups -OCH3 is 2. The van der Waals surface area contributed by atoms with Gasteiger partial charge in [0.25, 0.3) is 11.7 Å². The molecule has 1 amide bonds. The number of aliphatic hydroxyl groups excluding tert-OH is 1. The Bertz CT molecular complexity index is 923. The third kappa shape index (κ3) is 3.81. The minimum absolute atomic E-state index is 0.0596. The highest BCUT2D eigenvalue weighted by Gasteiger charge is 2.45. The van der Waals surface area contributed by atoms with E-state index in [-0.39, 0.29) is 24.5 Å². The summed E-state index contributed by atoms with van der Waals surface area (Å²) in [6.45, 7) is 0.512. The second-order valence-corrected chi connectivity index (χ2v) is 7.18. The third-order valence-electron chi connectivity index (χ3n) is 4.60. The number of ether oxygens (including phenoxy) is 2. The number of Topliss-reactive ketones (excluding diaryl/α,β-unsaturated/α-hetero) is 1. The number of likely N-dealkylation sites (tertiary alicyclic amines) is 1. The van der Waals surface area contributed by atoms with Crippen molar-refractivity contribution in [3.05, 3.63) is 69.7 Å². The lowest BCUT2D eigenvalue weighted by Crippen LogP contribution is -2.32. The van der Waals surface area contributed by atoms with Crippen molar-refractivity contribution in [3.8, 4) is 5.75 Å². The van der Waals surface area contributed by atoms with Gasteiger partial charge in [0.1, 0.15) is 11.5 Å². The van der Waals surface area contributed by atoms with Gasteiger partial charge in [-0.25, -0.2) is 0 Å². The number of amides is 1. The first kappa shape index (κ1) is 20.1. The predicted octanol–water partition coefficient (Wildman–Crippen LogP) is 3.53. The summed E-state index contributed by atoms with van der Waals surface area (Å²) in [7, 11) is 3.07. The molecule has 1 saturated heterocycles. The molecule has 2 aromatic carbocycles. The molecule has 0 unspecified atom stereocenters. The van der Waals surface area contributed by atoms with Crippen molar-refractivity contribution in [2.45, 2.75) is 6.04 Å². The molecule has 2 aromatic rings. The van der Waals surface area contributed by atoms with Crippen molar-refractivity contribution in [2.24, 2.45) is 0 Å². The van der Waals surface area contributed by atoms with Crippen LogP contribution in [0.15, 0.2) is 58.6 Å². The van der Waals surface area contributed by atoms with Crippen molar-refractivity contribution in [3.63, 3.8) is 0 Å². The lowest BCUT2D eigenvalue weighted by atomic mass is 9.95. The second-order valence-electron chi connectivity index (χ2n) is 6.27. The molecule has 0 spiro atoms. The van der Waals surface area contributed by atoms with Gasteiger partial charge in [0.2, 0.25) is 0 Å². The smallest absolute Gasteiger partial charge is 0.295 e. The summed E-state index contributed by atoms with van der Waals surface area (Å²) in [5.41, 5.74) is 1.22. The van der Waals surface area contributed by atoms with E-state index >= 15 is 0 Å². The number of ketones is 1. The van der Waals surface area contributed by atoms with Crippen LogP contribution in [0.1, 0.15) is 17.2 Å². The van der Waals surface area contributed by atoms with E-state index in [2.05, 4.69) is 15.9 Å². The van der Waals surface area contributed by atoms with Gasteiger partial charge in [-0.15, -0.1) is 0 Å². The van der Waals surface area contributed by atoms with E-state index in [1.54, 1.807) is 31.4 Å². The van der Waals surface area contributed by atoms with Crippen LogP contribution >= 0.6 is 15.9 Å². The van der Waals surface area contributed by atoms with Crippen molar-refractivity contribution in [1.29, 1.82) is 0 Å². The fraction of sp³-hybridized carbons (Fsp3) is 0.238. The molecule has 1 aliphatic rings. The summed E-state index contributed by atoms with van der Waals surface area (Å²) in [5.74, 6) is -0.960. The first-order valence-electron chi connectivity index (χ1n) is 8.65. The summed E-state index contributed by atoms with van der Waals surface area (Å²) in [6, 6.07) is 13.3. The van der Waals surface area contributed by atoms with Gasteiger partial charge in [-0.1, -0.05) is 28.1 Å². The molecule has 6 nitrogen and oxygen atoms in total. The van der Waals surface area contributed by atoms with Gasteiger partial charge < -0.3 is 19.5 Å². The molecule has 1 atom stereocenters. The van der Waals surface area contributed by atoms with Crippen LogP contribution in [0.25, 0.3) is 5.76 Å². The largest absolute Gasteiger partial charge is 0.507 e. The van der Waals surface area contributed by atoms with Crippen LogP contribution in [0.5, 0.6) is 5.75 Å². The van der Waals surface area contributed by atoms with E-state index in [1.807, 2.05) is 24.3 Å². The molecule has 0 bridgehead atoms. The Labute approximate surface area is 171 Å². The molecule has 28 heavy (non-hydrogen) atoms. The number of halogens is 1. The van der Waals surface area contributed by atoms with Crippen LogP contribution in [0, 0.1) is 0 Å². The van der Waals surface area contributed by atoms with Gasteiger partial charge in [-0.3, -0.25) is 9.59 Å². The zero-order valence-corrected chi connectivity index (χ0v) is 17.1. The SMILES string of the molecule is COCCN1C(=O)C(=O)/C(=C(/O)c2ccc(OC)cc2)[C@H]1c1cccc(Br)c1. The molecule has 0 aromatic heterocycles. The molecule has 0 radical (unpaired) electrons. The number of aliphatic hydroxyl groups is 1. The lowest BCUT2D eigenvalue weighted by molar-refractivity contribution is -0.140. The molecule has 0 saturated carbocycles. The monoisotopic (exact) mass is 445 g/mol. The fourth-order valence-corrected chi connectivity index (χ4v) is 3.64. The molecule has 0 aliphatic carbocycles. The number of nitrogens with zero attached hydrogens (tertiary/aromatic N) is 1. The van der Waals surface area contributed by atoms with Crippen LogP contribution in [-0.4, -0.2) is 49.1 Å². The number of benzene rings is 2. The maximum Gasteiger partial charge on any atom is 0.295 e. The lowest BCUT2D eigenvalue weighted by Gasteiger charge is -2.25. The Morgan fingerprint density at radius 1 is 1.14 bits per heavy atom. The van der Waals surface area contributed by atoms with E-state index < -0.39 is 17.7 Å². The highest BCUT2D eigenvalue weighted by Crippen LogP contribution is 2.39. The van der Waals surface area contributed by atoms with Crippen molar-refractivity contribution in [2.75, 3.05) is 27.4 Å². The highest BCUT2D eigenvalue weighted by atomic mass is 79.9. The van der Waals surface area contributed by atoms with Crippen LogP contribution in [0.3, 0.4) is 0 Å². The van der Waals surface area contributed by atoms with Gasteiger partial charge in [-0.2, -0.15) is 0 Å². The number of hydrogen-bond acceptors (Lipinski definition) is 5. The van der Waals surface area contributed by atoms with Gasteiger partial charge >= 0.3 is 0 Å². The topological polar surface area (TPSA) is 76.1 Å². The van der Waals surface area contributed by atoms with E-state index in [9.17, 15) is 14.7 Å². The average molecular weight is 446 g/mol. The molecule has 1 fully saturated rings. The molecule has 7 heteroatoms. The van der Waals surface area contributed by atoms with Crippen molar-refractivity contribution < 1.29 is 24.2 Å². The maximum absolute atomic E-state index is 12.8. The summed E-state index contributed by atoms with van der Waals surface area (Å²) < 4.78 is 11.0. The first-order chi connectivity index (χ1) is 13.5. The fourth-order valence-electron chi connectivity index (χ4n) is 3.23. The first-order valence-corrected chi connectivity index (χ1v) is 9.44.